The van der Waals surface area contributed by atoms with Gasteiger partial charge in [0.25, 0.3) is 0 Å². The van der Waals surface area contributed by atoms with E-state index in [2.05, 4.69) is 62.4 Å². The molecule has 0 saturated carbocycles. The molecule has 0 amide bonds. The highest BCUT2D eigenvalue weighted by Gasteiger charge is 2.06. The van der Waals surface area contributed by atoms with Gasteiger partial charge in [-0.15, -0.1) is 0 Å². The monoisotopic (exact) mass is 211 g/mol. The molecule has 82 valence electrons. The van der Waals surface area contributed by atoms with Crippen LogP contribution in [0.3, 0.4) is 0 Å². The van der Waals surface area contributed by atoms with Crippen LogP contribution in [0, 0.1) is 0 Å². The Morgan fingerprint density at radius 2 is 1.75 bits per heavy atom. The minimum Gasteiger partial charge on any atom is -0.321 e. The van der Waals surface area contributed by atoms with Crippen molar-refractivity contribution in [2.75, 3.05) is 0 Å². The van der Waals surface area contributed by atoms with Gasteiger partial charge in [0.15, 0.2) is 0 Å². The van der Waals surface area contributed by atoms with Crippen LogP contribution in [0.1, 0.15) is 25.5 Å². The minimum atomic E-state index is -0.0175. The molecule has 0 aliphatic rings. The van der Waals surface area contributed by atoms with Gasteiger partial charge >= 0.3 is 0 Å². The summed E-state index contributed by atoms with van der Waals surface area (Å²) in [4.78, 5) is 0. The fraction of sp³-hybridized carbons (Fsp3) is 0.200. The number of rotatable bonds is 2. The van der Waals surface area contributed by atoms with E-state index in [9.17, 15) is 0 Å². The summed E-state index contributed by atoms with van der Waals surface area (Å²) in [6.07, 6.45) is 2.10. The van der Waals surface area contributed by atoms with Crippen molar-refractivity contribution in [2.24, 2.45) is 5.73 Å². The number of hydrogen-bond donors (Lipinski definition) is 1. The predicted octanol–water partition coefficient (Wildman–Crippen LogP) is 3.81. The van der Waals surface area contributed by atoms with Gasteiger partial charge in [0, 0.05) is 6.04 Å². The van der Waals surface area contributed by atoms with Crippen LogP contribution in [-0.4, -0.2) is 0 Å². The molecule has 1 nitrogen and oxygen atoms in total. The summed E-state index contributed by atoms with van der Waals surface area (Å²) in [5, 5.41) is 2.49. The lowest BCUT2D eigenvalue weighted by Crippen LogP contribution is -2.07. The maximum Gasteiger partial charge on any atom is 0.0489 e. The average molecular weight is 211 g/mol. The first-order valence-electron chi connectivity index (χ1n) is 5.57. The Morgan fingerprint density at radius 3 is 2.50 bits per heavy atom. The van der Waals surface area contributed by atoms with Gasteiger partial charge in [-0.2, -0.15) is 0 Å². The van der Waals surface area contributed by atoms with Crippen molar-refractivity contribution < 1.29 is 0 Å². The van der Waals surface area contributed by atoms with Gasteiger partial charge < -0.3 is 5.73 Å². The zero-order valence-corrected chi connectivity index (χ0v) is 9.77. The molecule has 1 unspecified atom stereocenters. The van der Waals surface area contributed by atoms with Crippen LogP contribution in [0.4, 0.5) is 0 Å². The lowest BCUT2D eigenvalue weighted by molar-refractivity contribution is 0.909. The Morgan fingerprint density at radius 1 is 1.06 bits per heavy atom. The molecule has 0 heterocycles. The van der Waals surface area contributed by atoms with E-state index in [4.69, 9.17) is 5.73 Å². The molecule has 2 N–H and O–H groups in total. The third-order valence-corrected chi connectivity index (χ3v) is 2.70. The van der Waals surface area contributed by atoms with Gasteiger partial charge in [0.1, 0.15) is 0 Å². The van der Waals surface area contributed by atoms with Gasteiger partial charge in [-0.25, -0.2) is 0 Å². The SMILES string of the molecule is CC(C)=CC(N)c1cccc2ccccc12. The average Bonchev–Trinajstić information content (AvgIpc) is 2.27. The molecule has 1 heteroatoms. The van der Waals surface area contributed by atoms with Gasteiger partial charge in [-0.3, -0.25) is 0 Å². The summed E-state index contributed by atoms with van der Waals surface area (Å²) in [7, 11) is 0. The minimum absolute atomic E-state index is 0.0175. The molecule has 2 aromatic rings. The normalized spacial score (nSPS) is 12.4. The molecule has 1 atom stereocenters. The molecular formula is C15H17N. The highest BCUT2D eigenvalue weighted by Crippen LogP contribution is 2.24. The fourth-order valence-corrected chi connectivity index (χ4v) is 1.99. The number of hydrogen-bond acceptors (Lipinski definition) is 1. The Hall–Kier alpha value is -1.60. The van der Waals surface area contributed by atoms with E-state index in [1.807, 2.05) is 0 Å². The molecule has 0 fully saturated rings. The van der Waals surface area contributed by atoms with Crippen LogP contribution in [0.2, 0.25) is 0 Å². The van der Waals surface area contributed by atoms with Gasteiger partial charge in [0.05, 0.1) is 0 Å². The van der Waals surface area contributed by atoms with E-state index >= 15 is 0 Å². The van der Waals surface area contributed by atoms with E-state index < -0.39 is 0 Å². The smallest absolute Gasteiger partial charge is 0.0489 e. The van der Waals surface area contributed by atoms with E-state index in [1.165, 1.54) is 21.9 Å². The molecule has 0 spiro atoms. The van der Waals surface area contributed by atoms with Crippen molar-refractivity contribution >= 4 is 10.8 Å². The van der Waals surface area contributed by atoms with E-state index in [-0.39, 0.29) is 6.04 Å². The molecular weight excluding hydrogens is 194 g/mol. The maximum absolute atomic E-state index is 6.19. The van der Waals surface area contributed by atoms with Crippen LogP contribution < -0.4 is 5.73 Å². The van der Waals surface area contributed by atoms with Crippen LogP contribution in [-0.2, 0) is 0 Å². The zero-order chi connectivity index (χ0) is 11.5. The van der Waals surface area contributed by atoms with Crippen molar-refractivity contribution in [2.45, 2.75) is 19.9 Å². The standard InChI is InChI=1S/C15H17N/c1-11(2)10-15(16)14-9-5-7-12-6-3-4-8-13(12)14/h3-10,15H,16H2,1-2H3. The Bertz CT molecular complexity index is 516. The molecule has 0 aliphatic heterocycles. The zero-order valence-electron chi connectivity index (χ0n) is 9.77. The summed E-state index contributed by atoms with van der Waals surface area (Å²) in [6, 6.07) is 14.6. The van der Waals surface area contributed by atoms with Crippen molar-refractivity contribution in [1.82, 2.24) is 0 Å². The van der Waals surface area contributed by atoms with Crippen molar-refractivity contribution in [3.63, 3.8) is 0 Å². The van der Waals surface area contributed by atoms with Crippen LogP contribution in [0.5, 0.6) is 0 Å². The third kappa shape index (κ3) is 2.15. The summed E-state index contributed by atoms with van der Waals surface area (Å²) in [6.45, 7) is 4.15. The molecule has 16 heavy (non-hydrogen) atoms. The fourth-order valence-electron chi connectivity index (χ4n) is 1.99. The maximum atomic E-state index is 6.19. The molecule has 0 aromatic heterocycles. The van der Waals surface area contributed by atoms with Crippen LogP contribution >= 0.6 is 0 Å². The lowest BCUT2D eigenvalue weighted by Gasteiger charge is -2.11. The highest BCUT2D eigenvalue weighted by molar-refractivity contribution is 5.86. The Balaban J connectivity index is 2.56. The molecule has 2 rings (SSSR count). The lowest BCUT2D eigenvalue weighted by atomic mass is 9.98. The summed E-state index contributed by atoms with van der Waals surface area (Å²) in [5.41, 5.74) is 8.63. The number of allylic oxidation sites excluding steroid dienone is 1. The largest absolute Gasteiger partial charge is 0.321 e. The number of fused-ring (bicyclic) bond motifs is 1. The molecule has 0 saturated heterocycles. The van der Waals surface area contributed by atoms with Gasteiger partial charge in [-0.1, -0.05) is 54.1 Å². The van der Waals surface area contributed by atoms with Crippen molar-refractivity contribution in [1.29, 1.82) is 0 Å². The summed E-state index contributed by atoms with van der Waals surface area (Å²) >= 11 is 0. The predicted molar refractivity (Wildman–Crippen MR) is 70.3 cm³/mol. The molecule has 0 bridgehead atoms. The molecule has 0 radical (unpaired) electrons. The molecule has 2 aromatic carbocycles. The quantitative estimate of drug-likeness (QED) is 0.751. The van der Waals surface area contributed by atoms with Crippen LogP contribution in [0.15, 0.2) is 54.1 Å². The topological polar surface area (TPSA) is 26.0 Å². The van der Waals surface area contributed by atoms with Crippen molar-refractivity contribution in [3.8, 4) is 0 Å². The van der Waals surface area contributed by atoms with Crippen LogP contribution in [0.25, 0.3) is 10.8 Å². The van der Waals surface area contributed by atoms with E-state index in [0.717, 1.165) is 0 Å². The van der Waals surface area contributed by atoms with Gasteiger partial charge in [-0.05, 0) is 30.2 Å². The third-order valence-electron chi connectivity index (χ3n) is 2.70. The van der Waals surface area contributed by atoms with E-state index in [1.54, 1.807) is 0 Å². The first-order valence-corrected chi connectivity index (χ1v) is 5.57. The Labute approximate surface area is 96.6 Å². The second-order valence-electron chi connectivity index (χ2n) is 4.34. The van der Waals surface area contributed by atoms with Crippen molar-refractivity contribution in [3.05, 3.63) is 59.7 Å². The second-order valence-corrected chi connectivity index (χ2v) is 4.34. The molecule has 0 aliphatic carbocycles. The first-order chi connectivity index (χ1) is 7.68. The number of benzene rings is 2. The first kappa shape index (κ1) is 10.9. The number of nitrogens with two attached hydrogens (primary N) is 1. The second kappa shape index (κ2) is 4.50. The Kier molecular flexibility index (Phi) is 3.07. The van der Waals surface area contributed by atoms with E-state index in [0.29, 0.717) is 0 Å². The summed E-state index contributed by atoms with van der Waals surface area (Å²) < 4.78 is 0. The van der Waals surface area contributed by atoms with Gasteiger partial charge in [0.2, 0.25) is 0 Å². The highest BCUT2D eigenvalue weighted by atomic mass is 14.6. The summed E-state index contributed by atoms with van der Waals surface area (Å²) in [5.74, 6) is 0.